The van der Waals surface area contributed by atoms with Crippen LogP contribution in [0.3, 0.4) is 0 Å². The average Bonchev–Trinajstić information content (AvgIpc) is 2.38. The predicted molar refractivity (Wildman–Crippen MR) is 69.0 cm³/mol. The van der Waals surface area contributed by atoms with Crippen molar-refractivity contribution in [3.63, 3.8) is 0 Å². The first-order chi connectivity index (χ1) is 8.48. The molecule has 0 bridgehead atoms. The van der Waals surface area contributed by atoms with Gasteiger partial charge in [0.15, 0.2) is 5.82 Å². The van der Waals surface area contributed by atoms with Crippen molar-refractivity contribution in [1.82, 2.24) is 0 Å². The number of non-ortho nitro benzene ring substituents is 1. The van der Waals surface area contributed by atoms with E-state index in [9.17, 15) is 14.5 Å². The normalized spacial score (nSPS) is 11.3. The fourth-order valence-corrected chi connectivity index (χ4v) is 1.77. The molecule has 18 heavy (non-hydrogen) atoms. The zero-order valence-electron chi connectivity index (χ0n) is 10.6. The number of nitro benzene ring substituents is 1. The lowest BCUT2D eigenvalue weighted by Crippen LogP contribution is -2.44. The van der Waals surface area contributed by atoms with Crippen molar-refractivity contribution in [3.05, 3.63) is 34.1 Å². The van der Waals surface area contributed by atoms with Gasteiger partial charge in [-0.05, 0) is 18.9 Å². The van der Waals surface area contributed by atoms with Crippen LogP contribution in [0.15, 0.2) is 18.2 Å². The standard InChI is InChI=1S/C12H18FN3O2/c1-3-12(4-2,8-14)15-11-6-5-9(16(17)18)7-10(11)13/h5-7,15H,3-4,8,14H2,1-2H3. The smallest absolute Gasteiger partial charge is 0.272 e. The Morgan fingerprint density at radius 1 is 1.44 bits per heavy atom. The molecule has 0 saturated carbocycles. The van der Waals surface area contributed by atoms with Crippen molar-refractivity contribution in [2.45, 2.75) is 32.2 Å². The molecule has 0 aliphatic carbocycles. The van der Waals surface area contributed by atoms with E-state index in [1.165, 1.54) is 12.1 Å². The third-order valence-corrected chi connectivity index (χ3v) is 3.31. The molecule has 0 aliphatic rings. The van der Waals surface area contributed by atoms with Crippen molar-refractivity contribution in [1.29, 1.82) is 0 Å². The minimum atomic E-state index is -0.635. The number of nitrogens with two attached hydrogens (primary N) is 1. The molecule has 3 N–H and O–H groups in total. The number of nitro groups is 1. The second kappa shape index (κ2) is 5.77. The molecule has 6 heteroatoms. The van der Waals surface area contributed by atoms with Crippen LogP contribution in [0.1, 0.15) is 26.7 Å². The van der Waals surface area contributed by atoms with Gasteiger partial charge >= 0.3 is 0 Å². The van der Waals surface area contributed by atoms with Gasteiger partial charge in [-0.25, -0.2) is 4.39 Å². The third-order valence-electron chi connectivity index (χ3n) is 3.31. The zero-order chi connectivity index (χ0) is 13.8. The maximum atomic E-state index is 13.7. The lowest BCUT2D eigenvalue weighted by Gasteiger charge is -2.32. The van der Waals surface area contributed by atoms with Gasteiger partial charge in [-0.2, -0.15) is 0 Å². The summed E-state index contributed by atoms with van der Waals surface area (Å²) in [6.45, 7) is 4.30. The molecule has 1 rings (SSSR count). The van der Waals surface area contributed by atoms with Gasteiger partial charge in [-0.3, -0.25) is 10.1 Å². The van der Waals surface area contributed by atoms with E-state index in [0.29, 0.717) is 6.54 Å². The summed E-state index contributed by atoms with van der Waals surface area (Å²) in [4.78, 5) is 9.89. The fraction of sp³-hybridized carbons (Fsp3) is 0.500. The highest BCUT2D eigenvalue weighted by molar-refractivity contribution is 5.51. The zero-order valence-corrected chi connectivity index (χ0v) is 10.6. The molecular weight excluding hydrogens is 237 g/mol. The first kappa shape index (κ1) is 14.4. The summed E-state index contributed by atoms with van der Waals surface area (Å²) in [5.74, 6) is -0.635. The Balaban J connectivity index is 3.01. The van der Waals surface area contributed by atoms with E-state index >= 15 is 0 Å². The van der Waals surface area contributed by atoms with Crippen LogP contribution in [0.2, 0.25) is 0 Å². The molecule has 1 aromatic carbocycles. The minimum absolute atomic E-state index is 0.245. The number of hydrogen-bond donors (Lipinski definition) is 2. The van der Waals surface area contributed by atoms with Crippen LogP contribution in [0.25, 0.3) is 0 Å². The Hall–Kier alpha value is -1.69. The van der Waals surface area contributed by atoms with E-state index < -0.39 is 10.7 Å². The van der Waals surface area contributed by atoms with Crippen molar-refractivity contribution in [3.8, 4) is 0 Å². The first-order valence-corrected chi connectivity index (χ1v) is 5.90. The molecule has 0 atom stereocenters. The maximum absolute atomic E-state index is 13.7. The molecule has 0 unspecified atom stereocenters. The quantitative estimate of drug-likeness (QED) is 0.605. The van der Waals surface area contributed by atoms with Crippen LogP contribution < -0.4 is 11.1 Å². The third kappa shape index (κ3) is 2.95. The van der Waals surface area contributed by atoms with E-state index in [4.69, 9.17) is 5.73 Å². The Morgan fingerprint density at radius 2 is 2.06 bits per heavy atom. The lowest BCUT2D eigenvalue weighted by molar-refractivity contribution is -0.385. The van der Waals surface area contributed by atoms with Crippen molar-refractivity contribution >= 4 is 11.4 Å². The number of hydrogen-bond acceptors (Lipinski definition) is 4. The van der Waals surface area contributed by atoms with Crippen LogP contribution in [-0.2, 0) is 0 Å². The van der Waals surface area contributed by atoms with E-state index in [-0.39, 0.29) is 16.9 Å². The Kier molecular flexibility index (Phi) is 4.61. The molecule has 0 amide bonds. The molecule has 0 saturated heterocycles. The molecule has 0 aliphatic heterocycles. The molecular formula is C12H18FN3O2. The highest BCUT2D eigenvalue weighted by Crippen LogP contribution is 2.26. The summed E-state index contributed by atoms with van der Waals surface area (Å²) >= 11 is 0. The Morgan fingerprint density at radius 3 is 2.44 bits per heavy atom. The van der Waals surface area contributed by atoms with E-state index in [1.807, 2.05) is 13.8 Å². The number of halogens is 1. The molecule has 0 spiro atoms. The van der Waals surface area contributed by atoms with Crippen LogP contribution in [0, 0.1) is 15.9 Å². The second-order valence-corrected chi connectivity index (χ2v) is 4.24. The van der Waals surface area contributed by atoms with Gasteiger partial charge < -0.3 is 11.1 Å². The van der Waals surface area contributed by atoms with Crippen molar-refractivity contribution in [2.75, 3.05) is 11.9 Å². The molecule has 5 nitrogen and oxygen atoms in total. The van der Waals surface area contributed by atoms with Crippen molar-refractivity contribution < 1.29 is 9.31 Å². The highest BCUT2D eigenvalue weighted by atomic mass is 19.1. The summed E-state index contributed by atoms with van der Waals surface area (Å²) in [5, 5.41) is 13.6. The predicted octanol–water partition coefficient (Wildman–Crippen LogP) is 2.66. The minimum Gasteiger partial charge on any atom is -0.376 e. The lowest BCUT2D eigenvalue weighted by atomic mass is 9.92. The van der Waals surface area contributed by atoms with Gasteiger partial charge in [0, 0.05) is 18.2 Å². The Labute approximate surface area is 105 Å². The topological polar surface area (TPSA) is 81.2 Å². The summed E-state index contributed by atoms with van der Waals surface area (Å²) in [6.07, 6.45) is 1.49. The molecule has 0 aromatic heterocycles. The van der Waals surface area contributed by atoms with Crippen molar-refractivity contribution in [2.24, 2.45) is 5.73 Å². The summed E-state index contributed by atoms with van der Waals surface area (Å²) in [5.41, 5.74) is 5.32. The molecule has 100 valence electrons. The van der Waals surface area contributed by atoms with Gasteiger partial charge in [0.25, 0.3) is 5.69 Å². The second-order valence-electron chi connectivity index (χ2n) is 4.24. The summed E-state index contributed by atoms with van der Waals surface area (Å²) in [7, 11) is 0. The number of rotatable bonds is 6. The van der Waals surface area contributed by atoms with Gasteiger partial charge in [0.05, 0.1) is 16.7 Å². The van der Waals surface area contributed by atoms with Gasteiger partial charge in [0.2, 0.25) is 0 Å². The molecule has 0 radical (unpaired) electrons. The average molecular weight is 255 g/mol. The van der Waals surface area contributed by atoms with E-state index in [0.717, 1.165) is 18.9 Å². The van der Waals surface area contributed by atoms with Crippen LogP contribution in [0.4, 0.5) is 15.8 Å². The number of anilines is 1. The van der Waals surface area contributed by atoms with Gasteiger partial charge in [0.1, 0.15) is 0 Å². The highest BCUT2D eigenvalue weighted by Gasteiger charge is 2.25. The Bertz CT molecular complexity index is 425. The van der Waals surface area contributed by atoms with Crippen LogP contribution in [0.5, 0.6) is 0 Å². The fourth-order valence-electron chi connectivity index (χ4n) is 1.77. The van der Waals surface area contributed by atoms with Crippen LogP contribution in [-0.4, -0.2) is 17.0 Å². The summed E-state index contributed by atoms with van der Waals surface area (Å²) < 4.78 is 13.7. The van der Waals surface area contributed by atoms with E-state index in [1.54, 1.807) is 0 Å². The van der Waals surface area contributed by atoms with Gasteiger partial charge in [-0.15, -0.1) is 0 Å². The SMILES string of the molecule is CCC(CC)(CN)Nc1ccc([N+](=O)[O-])cc1F. The number of benzene rings is 1. The molecule has 0 heterocycles. The van der Waals surface area contributed by atoms with E-state index in [2.05, 4.69) is 5.32 Å². The first-order valence-electron chi connectivity index (χ1n) is 5.90. The molecule has 1 aromatic rings. The monoisotopic (exact) mass is 255 g/mol. The number of nitrogens with zero attached hydrogens (tertiary/aromatic N) is 1. The summed E-state index contributed by atoms with van der Waals surface area (Å²) in [6, 6.07) is 3.57. The maximum Gasteiger partial charge on any atom is 0.272 e. The molecule has 0 fully saturated rings. The van der Waals surface area contributed by atoms with Gasteiger partial charge in [-0.1, -0.05) is 13.8 Å². The van der Waals surface area contributed by atoms with Crippen LogP contribution >= 0.6 is 0 Å². The largest absolute Gasteiger partial charge is 0.376 e. The number of nitrogens with one attached hydrogen (secondary N) is 1.